The molecule has 8 nitrogen and oxygen atoms in total. The van der Waals surface area contributed by atoms with Crippen LogP contribution in [-0.2, 0) is 4.79 Å². The number of carboxylic acid groups (broad SMARTS) is 1. The third kappa shape index (κ3) is 6.46. The van der Waals surface area contributed by atoms with Gasteiger partial charge in [-0.1, -0.05) is 25.4 Å². The zero-order chi connectivity index (χ0) is 26.9. The van der Waals surface area contributed by atoms with E-state index in [4.69, 9.17) is 16.7 Å². The van der Waals surface area contributed by atoms with E-state index in [0.717, 1.165) is 19.3 Å². The van der Waals surface area contributed by atoms with Crippen LogP contribution in [0.3, 0.4) is 0 Å². The summed E-state index contributed by atoms with van der Waals surface area (Å²) in [4.78, 5) is 28.0. The topological polar surface area (TPSA) is 105 Å². The van der Waals surface area contributed by atoms with E-state index in [2.05, 4.69) is 34.2 Å². The summed E-state index contributed by atoms with van der Waals surface area (Å²) in [6.45, 7) is 3.82. The van der Waals surface area contributed by atoms with Crippen molar-refractivity contribution in [3.63, 3.8) is 0 Å². The van der Waals surface area contributed by atoms with Crippen LogP contribution in [-0.4, -0.2) is 39.4 Å². The molecule has 4 rings (SSSR count). The van der Waals surface area contributed by atoms with Gasteiger partial charge in [-0.25, -0.2) is 4.98 Å². The van der Waals surface area contributed by atoms with E-state index >= 15 is 0 Å². The van der Waals surface area contributed by atoms with Gasteiger partial charge in [-0.3, -0.25) is 9.59 Å². The molecule has 2 aromatic carbocycles. The van der Waals surface area contributed by atoms with Crippen LogP contribution in [0.4, 0.5) is 24.8 Å². The molecule has 0 aliphatic heterocycles. The van der Waals surface area contributed by atoms with Crippen molar-refractivity contribution in [2.45, 2.75) is 45.5 Å². The Morgan fingerprint density at radius 2 is 1.78 bits per heavy atom. The number of halogens is 4. The van der Waals surface area contributed by atoms with Gasteiger partial charge in [-0.05, 0) is 67.5 Å². The third-order valence-corrected chi connectivity index (χ3v) is 6.60. The highest BCUT2D eigenvalue weighted by molar-refractivity contribution is 6.34. The molecule has 1 aliphatic rings. The predicted molar refractivity (Wildman–Crippen MR) is 132 cm³/mol. The normalized spacial score (nSPS) is 20.0. The summed E-state index contributed by atoms with van der Waals surface area (Å²) in [6.07, 6.45) is -1.91. The minimum atomic E-state index is -4.79. The van der Waals surface area contributed by atoms with Gasteiger partial charge in [0, 0.05) is 11.7 Å². The average Bonchev–Trinajstić information content (AvgIpc) is 3.13. The molecule has 3 N–H and O–H groups in total. The largest absolute Gasteiger partial charge is 0.573 e. The summed E-state index contributed by atoms with van der Waals surface area (Å²) in [5.41, 5.74) is 1.74. The lowest BCUT2D eigenvalue weighted by atomic mass is 9.80. The lowest BCUT2D eigenvalue weighted by molar-refractivity contribution is -0.274. The van der Waals surface area contributed by atoms with E-state index in [1.165, 1.54) is 30.3 Å². The van der Waals surface area contributed by atoms with E-state index in [9.17, 15) is 22.8 Å². The Morgan fingerprint density at radius 1 is 1.14 bits per heavy atom. The number of imidazole rings is 1. The Hall–Kier alpha value is -3.47. The molecule has 12 heteroatoms. The molecule has 198 valence electrons. The summed E-state index contributed by atoms with van der Waals surface area (Å²) >= 11 is 6.45. The van der Waals surface area contributed by atoms with E-state index in [-0.39, 0.29) is 22.4 Å². The highest BCUT2D eigenvalue weighted by Gasteiger charge is 2.31. The van der Waals surface area contributed by atoms with Gasteiger partial charge >= 0.3 is 12.3 Å². The molecule has 37 heavy (non-hydrogen) atoms. The maximum atomic E-state index is 12.5. The van der Waals surface area contributed by atoms with Gasteiger partial charge in [0.1, 0.15) is 12.3 Å². The van der Waals surface area contributed by atoms with Gasteiger partial charge < -0.3 is 25.0 Å². The first-order valence-corrected chi connectivity index (χ1v) is 12.1. The molecule has 1 unspecified atom stereocenters. The quantitative estimate of drug-likeness (QED) is 0.333. The number of rotatable bonds is 7. The summed E-state index contributed by atoms with van der Waals surface area (Å²) in [5, 5.41) is 14.5. The number of anilines is 2. The molecule has 3 atom stereocenters. The molecule has 1 amide bonds. The van der Waals surface area contributed by atoms with Gasteiger partial charge in [0.25, 0.3) is 5.91 Å². The van der Waals surface area contributed by atoms with Gasteiger partial charge in [0.2, 0.25) is 5.95 Å². The minimum Gasteiger partial charge on any atom is -0.480 e. The van der Waals surface area contributed by atoms with Gasteiger partial charge in [-0.15, -0.1) is 13.2 Å². The fraction of sp³-hybridized carbons (Fsp3) is 0.400. The Bertz CT molecular complexity index is 1300. The second-order valence-electron chi connectivity index (χ2n) is 9.47. The van der Waals surface area contributed by atoms with Gasteiger partial charge in [-0.2, -0.15) is 0 Å². The van der Waals surface area contributed by atoms with Crippen molar-refractivity contribution in [3.05, 3.63) is 47.0 Å². The fourth-order valence-electron chi connectivity index (χ4n) is 4.98. The molecule has 1 heterocycles. The summed E-state index contributed by atoms with van der Waals surface area (Å²) in [5.74, 6) is -0.786. The Morgan fingerprint density at radius 3 is 2.38 bits per heavy atom. The summed E-state index contributed by atoms with van der Waals surface area (Å²) in [6, 6.07) is 8.52. The Balaban J connectivity index is 1.73. The number of carbonyl (C=O) groups is 2. The average molecular weight is 539 g/mol. The number of amides is 1. The molecular formula is C25H26ClF3N4O4. The number of aliphatic carboxylic acids is 1. The third-order valence-electron chi connectivity index (χ3n) is 6.29. The smallest absolute Gasteiger partial charge is 0.480 e. The van der Waals surface area contributed by atoms with Crippen LogP contribution in [0.25, 0.3) is 11.0 Å². The number of benzene rings is 2. The van der Waals surface area contributed by atoms with Crippen molar-refractivity contribution in [2.24, 2.45) is 11.8 Å². The minimum absolute atomic E-state index is 0.0711. The fourth-order valence-corrected chi connectivity index (χ4v) is 5.23. The first-order chi connectivity index (χ1) is 17.4. The van der Waals surface area contributed by atoms with Crippen molar-refractivity contribution in [1.82, 2.24) is 14.9 Å². The number of nitrogens with zero attached hydrogens (tertiary/aromatic N) is 2. The molecule has 0 spiro atoms. The maximum Gasteiger partial charge on any atom is 0.573 e. The second kappa shape index (κ2) is 10.5. The number of alkyl halides is 3. The van der Waals surface area contributed by atoms with Crippen LogP contribution in [0, 0.1) is 11.8 Å². The lowest BCUT2D eigenvalue weighted by Crippen LogP contribution is -2.29. The number of nitrogens with one attached hydrogen (secondary N) is 2. The van der Waals surface area contributed by atoms with Crippen LogP contribution >= 0.6 is 11.6 Å². The monoisotopic (exact) mass is 538 g/mol. The highest BCUT2D eigenvalue weighted by Crippen LogP contribution is 2.41. The van der Waals surface area contributed by atoms with Gasteiger partial charge in [0.05, 0.1) is 21.6 Å². The first kappa shape index (κ1) is 26.6. The molecule has 0 saturated heterocycles. The van der Waals surface area contributed by atoms with Crippen LogP contribution in [0.15, 0.2) is 36.4 Å². The van der Waals surface area contributed by atoms with Crippen molar-refractivity contribution in [2.75, 3.05) is 11.9 Å². The van der Waals surface area contributed by atoms with Crippen LogP contribution < -0.4 is 15.4 Å². The zero-order valence-corrected chi connectivity index (χ0v) is 20.9. The highest BCUT2D eigenvalue weighted by atomic mass is 35.5. The van der Waals surface area contributed by atoms with Crippen molar-refractivity contribution in [3.8, 4) is 5.75 Å². The molecule has 0 radical (unpaired) electrons. The predicted octanol–water partition coefficient (Wildman–Crippen LogP) is 6.14. The van der Waals surface area contributed by atoms with E-state index < -0.39 is 24.8 Å². The Kier molecular flexibility index (Phi) is 7.54. The number of fused-ring (bicyclic) bond motifs is 1. The molecular weight excluding hydrogens is 513 g/mol. The number of ether oxygens (including phenoxy) is 1. The molecule has 1 aliphatic carbocycles. The molecule has 1 aromatic heterocycles. The number of hydrogen-bond donors (Lipinski definition) is 3. The van der Waals surface area contributed by atoms with Crippen LogP contribution in [0.1, 0.15) is 49.5 Å². The molecule has 3 aromatic rings. The van der Waals surface area contributed by atoms with Crippen molar-refractivity contribution >= 4 is 46.1 Å². The zero-order valence-electron chi connectivity index (χ0n) is 20.1. The van der Waals surface area contributed by atoms with Crippen LogP contribution in [0.2, 0.25) is 5.02 Å². The maximum absolute atomic E-state index is 12.5. The van der Waals surface area contributed by atoms with Crippen LogP contribution in [0.5, 0.6) is 5.75 Å². The summed E-state index contributed by atoms with van der Waals surface area (Å²) in [7, 11) is 0. The number of aromatic nitrogens is 2. The molecule has 1 saturated carbocycles. The number of hydrogen-bond acceptors (Lipinski definition) is 5. The van der Waals surface area contributed by atoms with Gasteiger partial charge in [0.15, 0.2) is 0 Å². The van der Waals surface area contributed by atoms with Crippen molar-refractivity contribution < 1.29 is 32.6 Å². The number of carboxylic acids is 1. The molecule has 1 fully saturated rings. The van der Waals surface area contributed by atoms with E-state index in [1.54, 1.807) is 6.07 Å². The SMILES string of the molecule is CC1C[C@@H](C)C[C@@H](n2c(Nc3ccc(OC(F)(F)F)cc3)nc3cc(C(=O)NCC(=O)O)c(Cl)cc32)C1. The summed E-state index contributed by atoms with van der Waals surface area (Å²) < 4.78 is 43.5. The molecule has 0 bridgehead atoms. The number of carbonyl (C=O) groups excluding carboxylic acids is 1. The lowest BCUT2D eigenvalue weighted by Gasteiger charge is -2.33. The second-order valence-corrected chi connectivity index (χ2v) is 9.88. The van der Waals surface area contributed by atoms with Crippen molar-refractivity contribution in [1.29, 1.82) is 0 Å². The van der Waals surface area contributed by atoms with E-state index in [0.29, 0.717) is 34.5 Å². The van der Waals surface area contributed by atoms with E-state index in [1.807, 2.05) is 4.57 Å². The standard InChI is InChI=1S/C25H26ClF3N4O4/c1-13-7-14(2)9-16(8-13)33-21-11-19(26)18(23(36)30-12-22(34)35)10-20(21)32-24(33)31-15-3-5-17(6-4-15)37-25(27,28)29/h3-6,10-11,13-14,16H,7-9,12H2,1-2H3,(H,30,36)(H,31,32)(H,34,35)/t13-,14?,16-/m1/s1. The Labute approximate surface area is 215 Å². The first-order valence-electron chi connectivity index (χ1n) is 11.7.